The minimum atomic E-state index is -0.0168. The van der Waals surface area contributed by atoms with E-state index in [-0.39, 0.29) is 5.91 Å². The van der Waals surface area contributed by atoms with Crippen molar-refractivity contribution < 1.29 is 4.79 Å². The number of carbonyl (C=O) groups is 1. The summed E-state index contributed by atoms with van der Waals surface area (Å²) in [5.74, 6) is -0.0168. The highest BCUT2D eigenvalue weighted by Gasteiger charge is 2.18. The molecule has 1 amide bonds. The van der Waals surface area contributed by atoms with Crippen LogP contribution in [0.4, 0.5) is 0 Å². The average molecular weight is 207 g/mol. The Hall–Kier alpha value is -1.32. The molecule has 2 N–H and O–H groups in total. The molecule has 82 valence electrons. The van der Waals surface area contributed by atoms with Gasteiger partial charge in [-0.05, 0) is 25.3 Å². The van der Waals surface area contributed by atoms with Crippen molar-refractivity contribution in [2.75, 3.05) is 0 Å². The maximum absolute atomic E-state index is 11.8. The Kier molecular flexibility index (Phi) is 3.04. The molecule has 0 saturated heterocycles. The maximum atomic E-state index is 11.8. The summed E-state index contributed by atoms with van der Waals surface area (Å²) in [6.07, 6.45) is 7.66. The van der Waals surface area contributed by atoms with Crippen LogP contribution in [0, 0.1) is 6.92 Å². The van der Waals surface area contributed by atoms with Gasteiger partial charge in [-0.3, -0.25) is 9.89 Å². The minimum absolute atomic E-state index is 0.0168. The van der Waals surface area contributed by atoms with Gasteiger partial charge in [-0.1, -0.05) is 19.3 Å². The number of amides is 1. The summed E-state index contributed by atoms with van der Waals surface area (Å²) in [4.78, 5) is 11.8. The van der Waals surface area contributed by atoms with Crippen molar-refractivity contribution in [3.8, 4) is 0 Å². The van der Waals surface area contributed by atoms with E-state index in [9.17, 15) is 4.79 Å². The van der Waals surface area contributed by atoms with E-state index in [0.29, 0.717) is 11.7 Å². The van der Waals surface area contributed by atoms with E-state index in [1.54, 1.807) is 6.20 Å². The Bertz CT molecular complexity index is 339. The van der Waals surface area contributed by atoms with Gasteiger partial charge >= 0.3 is 0 Å². The largest absolute Gasteiger partial charge is 0.348 e. The second-order valence-electron chi connectivity index (χ2n) is 4.24. The molecular formula is C11H17N3O. The highest BCUT2D eigenvalue weighted by Crippen LogP contribution is 2.17. The van der Waals surface area contributed by atoms with Gasteiger partial charge in [0.05, 0.1) is 6.20 Å². The number of aromatic amines is 1. The third-order valence-corrected chi connectivity index (χ3v) is 3.00. The fourth-order valence-electron chi connectivity index (χ4n) is 2.08. The molecule has 1 fully saturated rings. The maximum Gasteiger partial charge on any atom is 0.269 e. The quantitative estimate of drug-likeness (QED) is 0.776. The summed E-state index contributed by atoms with van der Waals surface area (Å²) in [6, 6.07) is 0.356. The van der Waals surface area contributed by atoms with Crippen molar-refractivity contribution in [2.24, 2.45) is 0 Å². The molecule has 1 aliphatic carbocycles. The van der Waals surface area contributed by atoms with Crippen LogP contribution in [-0.2, 0) is 0 Å². The smallest absolute Gasteiger partial charge is 0.269 e. The molecule has 0 aliphatic heterocycles. The second kappa shape index (κ2) is 4.47. The Balaban J connectivity index is 1.94. The second-order valence-corrected chi connectivity index (χ2v) is 4.24. The number of nitrogens with one attached hydrogen (secondary N) is 2. The SMILES string of the molecule is Cc1cn[nH]c1C(=O)NC1CCCCC1. The zero-order chi connectivity index (χ0) is 10.7. The summed E-state index contributed by atoms with van der Waals surface area (Å²) in [7, 11) is 0. The van der Waals surface area contributed by atoms with Crippen LogP contribution in [0.3, 0.4) is 0 Å². The molecular weight excluding hydrogens is 190 g/mol. The van der Waals surface area contributed by atoms with Gasteiger partial charge in [-0.2, -0.15) is 5.10 Å². The summed E-state index contributed by atoms with van der Waals surface area (Å²) in [5.41, 5.74) is 1.50. The number of aromatic nitrogens is 2. The van der Waals surface area contributed by atoms with Crippen LogP contribution in [0.25, 0.3) is 0 Å². The monoisotopic (exact) mass is 207 g/mol. The fraction of sp³-hybridized carbons (Fsp3) is 0.636. The van der Waals surface area contributed by atoms with Gasteiger partial charge in [-0.25, -0.2) is 0 Å². The lowest BCUT2D eigenvalue weighted by atomic mass is 9.95. The number of rotatable bonds is 2. The molecule has 0 atom stereocenters. The number of H-pyrrole nitrogens is 1. The van der Waals surface area contributed by atoms with Gasteiger partial charge in [0, 0.05) is 6.04 Å². The van der Waals surface area contributed by atoms with E-state index in [1.807, 2.05) is 6.92 Å². The topological polar surface area (TPSA) is 57.8 Å². The van der Waals surface area contributed by atoms with Gasteiger partial charge in [0.2, 0.25) is 0 Å². The Morgan fingerprint density at radius 1 is 1.47 bits per heavy atom. The zero-order valence-corrected chi connectivity index (χ0v) is 9.05. The van der Waals surface area contributed by atoms with Crippen LogP contribution >= 0.6 is 0 Å². The molecule has 1 saturated carbocycles. The summed E-state index contributed by atoms with van der Waals surface area (Å²) in [6.45, 7) is 1.89. The number of nitrogens with zero attached hydrogens (tertiary/aromatic N) is 1. The van der Waals surface area contributed by atoms with E-state index in [1.165, 1.54) is 19.3 Å². The van der Waals surface area contributed by atoms with Gasteiger partial charge in [0.15, 0.2) is 0 Å². The number of carbonyl (C=O) groups excluding carboxylic acids is 1. The molecule has 1 aromatic heterocycles. The lowest BCUT2D eigenvalue weighted by Crippen LogP contribution is -2.36. The fourth-order valence-corrected chi connectivity index (χ4v) is 2.08. The van der Waals surface area contributed by atoms with Gasteiger partial charge in [0.25, 0.3) is 5.91 Å². The highest BCUT2D eigenvalue weighted by molar-refractivity contribution is 5.93. The molecule has 4 nitrogen and oxygen atoms in total. The van der Waals surface area contributed by atoms with Crippen LogP contribution < -0.4 is 5.32 Å². The Morgan fingerprint density at radius 3 is 2.80 bits per heavy atom. The third-order valence-electron chi connectivity index (χ3n) is 3.00. The minimum Gasteiger partial charge on any atom is -0.348 e. The van der Waals surface area contributed by atoms with Crippen LogP contribution in [0.15, 0.2) is 6.20 Å². The molecule has 0 radical (unpaired) electrons. The first-order valence-electron chi connectivity index (χ1n) is 5.58. The van der Waals surface area contributed by atoms with Crippen LogP contribution in [0.1, 0.15) is 48.2 Å². The van der Waals surface area contributed by atoms with Crippen molar-refractivity contribution in [1.29, 1.82) is 0 Å². The van der Waals surface area contributed by atoms with E-state index in [0.717, 1.165) is 18.4 Å². The van der Waals surface area contributed by atoms with E-state index < -0.39 is 0 Å². The average Bonchev–Trinajstić information content (AvgIpc) is 2.66. The predicted octanol–water partition coefficient (Wildman–Crippen LogP) is 1.78. The van der Waals surface area contributed by atoms with Crippen LogP contribution in [0.2, 0.25) is 0 Å². The third kappa shape index (κ3) is 2.37. The molecule has 1 aromatic rings. The molecule has 15 heavy (non-hydrogen) atoms. The number of aryl methyl sites for hydroxylation is 1. The first kappa shape index (κ1) is 10.2. The predicted molar refractivity (Wildman–Crippen MR) is 57.7 cm³/mol. The van der Waals surface area contributed by atoms with Crippen molar-refractivity contribution in [3.63, 3.8) is 0 Å². The van der Waals surface area contributed by atoms with Crippen molar-refractivity contribution in [3.05, 3.63) is 17.5 Å². The van der Waals surface area contributed by atoms with E-state index >= 15 is 0 Å². The van der Waals surface area contributed by atoms with Gasteiger partial charge in [-0.15, -0.1) is 0 Å². The van der Waals surface area contributed by atoms with Crippen LogP contribution in [-0.4, -0.2) is 22.1 Å². The molecule has 0 spiro atoms. The Morgan fingerprint density at radius 2 is 2.20 bits per heavy atom. The molecule has 0 unspecified atom stereocenters. The van der Waals surface area contributed by atoms with Crippen molar-refractivity contribution in [2.45, 2.75) is 45.1 Å². The summed E-state index contributed by atoms with van der Waals surface area (Å²) >= 11 is 0. The molecule has 4 heteroatoms. The molecule has 2 rings (SSSR count). The summed E-state index contributed by atoms with van der Waals surface area (Å²) in [5, 5.41) is 9.63. The molecule has 0 aromatic carbocycles. The zero-order valence-electron chi connectivity index (χ0n) is 9.05. The first-order valence-corrected chi connectivity index (χ1v) is 5.58. The first-order chi connectivity index (χ1) is 7.27. The summed E-state index contributed by atoms with van der Waals surface area (Å²) < 4.78 is 0. The van der Waals surface area contributed by atoms with Crippen molar-refractivity contribution in [1.82, 2.24) is 15.5 Å². The lowest BCUT2D eigenvalue weighted by molar-refractivity contribution is 0.0922. The van der Waals surface area contributed by atoms with E-state index in [4.69, 9.17) is 0 Å². The normalized spacial score (nSPS) is 17.7. The molecule has 0 bridgehead atoms. The Labute approximate surface area is 89.5 Å². The number of hydrogen-bond acceptors (Lipinski definition) is 2. The standard InChI is InChI=1S/C11H17N3O/c1-8-7-12-14-10(8)11(15)13-9-5-3-2-4-6-9/h7,9H,2-6H2,1H3,(H,12,14)(H,13,15). The van der Waals surface area contributed by atoms with Crippen molar-refractivity contribution >= 4 is 5.91 Å². The molecule has 1 heterocycles. The van der Waals surface area contributed by atoms with E-state index in [2.05, 4.69) is 15.5 Å². The van der Waals surface area contributed by atoms with Gasteiger partial charge in [0.1, 0.15) is 5.69 Å². The molecule has 1 aliphatic rings. The number of hydrogen-bond donors (Lipinski definition) is 2. The van der Waals surface area contributed by atoms with Crippen LogP contribution in [0.5, 0.6) is 0 Å². The van der Waals surface area contributed by atoms with Gasteiger partial charge < -0.3 is 5.32 Å². The lowest BCUT2D eigenvalue weighted by Gasteiger charge is -2.22. The highest BCUT2D eigenvalue weighted by atomic mass is 16.2.